The van der Waals surface area contributed by atoms with E-state index < -0.39 is 6.36 Å². The Labute approximate surface area is 133 Å². The highest BCUT2D eigenvalue weighted by Gasteiger charge is 2.31. The maximum atomic E-state index is 12.4. The topological polar surface area (TPSA) is 73.6 Å². The van der Waals surface area contributed by atoms with Gasteiger partial charge in [0, 0.05) is 12.1 Å². The molecule has 0 unspecified atom stereocenters. The number of aromatic nitrogens is 4. The van der Waals surface area contributed by atoms with E-state index in [-0.39, 0.29) is 5.75 Å². The highest BCUT2D eigenvalue weighted by Crippen LogP contribution is 2.39. The molecule has 0 saturated carbocycles. The van der Waals surface area contributed by atoms with E-state index in [2.05, 4.69) is 25.3 Å². The zero-order valence-corrected chi connectivity index (χ0v) is 12.0. The van der Waals surface area contributed by atoms with E-state index in [1.807, 2.05) is 0 Å². The molecule has 1 N–H and O–H groups in total. The molecule has 1 aromatic carbocycles. The van der Waals surface area contributed by atoms with Crippen molar-refractivity contribution in [2.75, 3.05) is 18.5 Å². The van der Waals surface area contributed by atoms with Gasteiger partial charge in [0.05, 0.1) is 0 Å². The Bertz CT molecular complexity index is 909. The number of benzene rings is 1. The first kappa shape index (κ1) is 14.5. The van der Waals surface area contributed by atoms with Crippen LogP contribution in [0.2, 0.25) is 0 Å². The molecular formula is C14H10F3N5O2. The van der Waals surface area contributed by atoms with Gasteiger partial charge in [0.25, 0.3) is 0 Å². The second kappa shape index (κ2) is 5.25. The molecule has 10 heteroatoms. The SMILES string of the molecule is FC(F)(F)Oc1cccc(-c2nn3cnnc3c3c2NCCO3)c1. The van der Waals surface area contributed by atoms with Gasteiger partial charge in [-0.1, -0.05) is 12.1 Å². The minimum atomic E-state index is -4.76. The number of nitrogens with zero attached hydrogens (tertiary/aromatic N) is 4. The normalized spacial score (nSPS) is 14.0. The average molecular weight is 337 g/mol. The van der Waals surface area contributed by atoms with Crippen molar-refractivity contribution in [3.63, 3.8) is 0 Å². The molecule has 7 nitrogen and oxygen atoms in total. The van der Waals surface area contributed by atoms with Crippen molar-refractivity contribution < 1.29 is 22.6 Å². The van der Waals surface area contributed by atoms with E-state index >= 15 is 0 Å². The molecule has 0 amide bonds. The molecule has 0 bridgehead atoms. The summed E-state index contributed by atoms with van der Waals surface area (Å²) in [4.78, 5) is 0. The molecule has 3 heterocycles. The lowest BCUT2D eigenvalue weighted by Gasteiger charge is -2.21. The van der Waals surface area contributed by atoms with Crippen molar-refractivity contribution in [2.45, 2.75) is 6.36 Å². The first-order chi connectivity index (χ1) is 11.5. The third kappa shape index (κ3) is 2.55. The predicted molar refractivity (Wildman–Crippen MR) is 76.9 cm³/mol. The van der Waals surface area contributed by atoms with Crippen LogP contribution in [0.3, 0.4) is 0 Å². The molecule has 0 aliphatic carbocycles. The first-order valence-electron chi connectivity index (χ1n) is 6.98. The van der Waals surface area contributed by atoms with E-state index in [1.54, 1.807) is 6.07 Å². The minimum absolute atomic E-state index is 0.323. The molecule has 124 valence electrons. The molecule has 0 atom stereocenters. The van der Waals surface area contributed by atoms with Crippen LogP contribution < -0.4 is 14.8 Å². The number of hydrogen-bond acceptors (Lipinski definition) is 6. The Morgan fingerprint density at radius 3 is 3.00 bits per heavy atom. The van der Waals surface area contributed by atoms with Crippen molar-refractivity contribution in [2.24, 2.45) is 0 Å². The molecule has 0 fully saturated rings. The summed E-state index contributed by atoms with van der Waals surface area (Å²) in [5.41, 5.74) is 1.86. The van der Waals surface area contributed by atoms with Crippen LogP contribution in [0.4, 0.5) is 18.9 Å². The van der Waals surface area contributed by atoms with Gasteiger partial charge in [0.2, 0.25) is 5.65 Å². The van der Waals surface area contributed by atoms with Crippen molar-refractivity contribution >= 4 is 11.3 Å². The second-order valence-electron chi connectivity index (χ2n) is 5.00. The molecule has 0 radical (unpaired) electrons. The summed E-state index contributed by atoms with van der Waals surface area (Å²) < 4.78 is 48.3. The number of fused-ring (bicyclic) bond motifs is 3. The molecule has 1 aliphatic heterocycles. The van der Waals surface area contributed by atoms with Crippen LogP contribution in [0, 0.1) is 0 Å². The maximum Gasteiger partial charge on any atom is 0.573 e. The lowest BCUT2D eigenvalue weighted by molar-refractivity contribution is -0.274. The average Bonchev–Trinajstić information content (AvgIpc) is 3.01. The zero-order valence-electron chi connectivity index (χ0n) is 12.0. The van der Waals surface area contributed by atoms with E-state index in [0.717, 1.165) is 0 Å². The van der Waals surface area contributed by atoms with Gasteiger partial charge in [0.1, 0.15) is 30.1 Å². The number of anilines is 1. The smallest absolute Gasteiger partial charge is 0.486 e. The van der Waals surface area contributed by atoms with Gasteiger partial charge >= 0.3 is 6.36 Å². The molecule has 4 rings (SSSR count). The van der Waals surface area contributed by atoms with Gasteiger partial charge in [-0.3, -0.25) is 0 Å². The Morgan fingerprint density at radius 1 is 1.29 bits per heavy atom. The Hall–Kier alpha value is -3.04. The zero-order chi connectivity index (χ0) is 16.7. The monoisotopic (exact) mass is 337 g/mol. The summed E-state index contributed by atoms with van der Waals surface area (Å²) in [5, 5.41) is 15.2. The van der Waals surface area contributed by atoms with E-state index in [1.165, 1.54) is 29.0 Å². The van der Waals surface area contributed by atoms with Crippen LogP contribution in [-0.2, 0) is 0 Å². The Balaban J connectivity index is 1.86. The van der Waals surface area contributed by atoms with Crippen molar-refractivity contribution in [1.82, 2.24) is 19.8 Å². The number of nitrogens with one attached hydrogen (secondary N) is 1. The molecule has 1 aliphatic rings. The van der Waals surface area contributed by atoms with Gasteiger partial charge in [0.15, 0.2) is 5.75 Å². The van der Waals surface area contributed by atoms with Crippen LogP contribution >= 0.6 is 0 Å². The van der Waals surface area contributed by atoms with Gasteiger partial charge < -0.3 is 14.8 Å². The number of rotatable bonds is 2. The van der Waals surface area contributed by atoms with Crippen LogP contribution in [0.5, 0.6) is 11.5 Å². The van der Waals surface area contributed by atoms with Crippen molar-refractivity contribution in [3.8, 4) is 22.8 Å². The van der Waals surface area contributed by atoms with Gasteiger partial charge in [-0.15, -0.1) is 23.4 Å². The van der Waals surface area contributed by atoms with Crippen LogP contribution in [0.25, 0.3) is 16.9 Å². The molecule has 0 saturated heterocycles. The fraction of sp³-hybridized carbons (Fsp3) is 0.214. The van der Waals surface area contributed by atoms with Crippen molar-refractivity contribution in [1.29, 1.82) is 0 Å². The van der Waals surface area contributed by atoms with Crippen LogP contribution in [0.1, 0.15) is 0 Å². The molecule has 2 aromatic heterocycles. The number of ether oxygens (including phenoxy) is 2. The second-order valence-corrected chi connectivity index (χ2v) is 5.00. The molecular weight excluding hydrogens is 327 g/mol. The Kier molecular flexibility index (Phi) is 3.18. The number of alkyl halides is 3. The molecule has 24 heavy (non-hydrogen) atoms. The fourth-order valence-electron chi connectivity index (χ4n) is 2.50. The van der Waals surface area contributed by atoms with E-state index in [4.69, 9.17) is 4.74 Å². The van der Waals surface area contributed by atoms with Gasteiger partial charge in [-0.2, -0.15) is 9.61 Å². The van der Waals surface area contributed by atoms with Crippen molar-refractivity contribution in [3.05, 3.63) is 30.6 Å². The lowest BCUT2D eigenvalue weighted by atomic mass is 10.1. The summed E-state index contributed by atoms with van der Waals surface area (Å²) >= 11 is 0. The predicted octanol–water partition coefficient (Wildman–Crippen LogP) is 2.49. The van der Waals surface area contributed by atoms with Gasteiger partial charge in [-0.25, -0.2) is 0 Å². The summed E-state index contributed by atoms with van der Waals surface area (Å²) in [6.45, 7) is 0.987. The fourth-order valence-corrected chi connectivity index (χ4v) is 2.50. The largest absolute Gasteiger partial charge is 0.573 e. The lowest BCUT2D eigenvalue weighted by Crippen LogP contribution is -2.20. The highest BCUT2D eigenvalue weighted by atomic mass is 19.4. The summed E-state index contributed by atoms with van der Waals surface area (Å²) in [7, 11) is 0. The molecule has 0 spiro atoms. The first-order valence-corrected chi connectivity index (χ1v) is 6.98. The third-order valence-electron chi connectivity index (χ3n) is 3.40. The number of hydrogen-bond donors (Lipinski definition) is 1. The van der Waals surface area contributed by atoms with Crippen LogP contribution in [-0.4, -0.2) is 39.3 Å². The van der Waals surface area contributed by atoms with E-state index in [0.29, 0.717) is 41.5 Å². The summed E-state index contributed by atoms with van der Waals surface area (Å²) in [6, 6.07) is 5.59. The summed E-state index contributed by atoms with van der Waals surface area (Å²) in [6.07, 6.45) is -3.36. The quantitative estimate of drug-likeness (QED) is 0.774. The minimum Gasteiger partial charge on any atom is -0.486 e. The highest BCUT2D eigenvalue weighted by molar-refractivity contribution is 5.84. The third-order valence-corrected chi connectivity index (χ3v) is 3.40. The Morgan fingerprint density at radius 2 is 2.17 bits per heavy atom. The number of halogens is 3. The van der Waals surface area contributed by atoms with E-state index in [9.17, 15) is 13.2 Å². The van der Waals surface area contributed by atoms with Gasteiger partial charge in [-0.05, 0) is 12.1 Å². The standard InChI is InChI=1S/C14H10F3N5O2/c15-14(16,17)24-9-3-1-2-8(6-9)10-11-12(23-5-4-18-11)13-20-19-7-22(13)21-10/h1-3,6-7,18H,4-5H2. The summed E-state index contributed by atoms with van der Waals surface area (Å²) in [5.74, 6) is 0.141. The molecule has 3 aromatic rings. The maximum absolute atomic E-state index is 12.4. The van der Waals surface area contributed by atoms with Crippen LogP contribution in [0.15, 0.2) is 30.6 Å².